The van der Waals surface area contributed by atoms with Gasteiger partial charge in [0.25, 0.3) is 0 Å². The quantitative estimate of drug-likeness (QED) is 0.588. The van der Waals surface area contributed by atoms with Crippen molar-refractivity contribution in [3.05, 3.63) is 34.9 Å². The van der Waals surface area contributed by atoms with Crippen molar-refractivity contribution < 1.29 is 9.62 Å². The molecule has 0 saturated carbocycles. The van der Waals surface area contributed by atoms with Crippen molar-refractivity contribution in [1.29, 1.82) is 0 Å². The standard InChI is InChI=1S/C10H7N5O3/c11-10-13-8-7(9(16)14-10)12-5(4-15(8)17)6-2-1-3-18-6/h1-4,17H,(H2,11,14,16). The van der Waals surface area contributed by atoms with Gasteiger partial charge in [0.2, 0.25) is 11.8 Å². The van der Waals surface area contributed by atoms with Gasteiger partial charge in [-0.3, -0.25) is 4.79 Å². The Kier molecular flexibility index (Phi) is 2.03. The topological polar surface area (TPSA) is 120 Å². The van der Waals surface area contributed by atoms with Gasteiger partial charge in [-0.05, 0) is 12.1 Å². The molecule has 0 atom stereocenters. The van der Waals surface area contributed by atoms with E-state index in [1.807, 2.05) is 0 Å². The normalized spacial score (nSPS) is 10.9. The third-order valence-electron chi connectivity index (χ3n) is 2.32. The zero-order valence-electron chi connectivity index (χ0n) is 8.94. The van der Waals surface area contributed by atoms with Gasteiger partial charge in [0.1, 0.15) is 5.69 Å². The van der Waals surface area contributed by atoms with Crippen molar-refractivity contribution in [1.82, 2.24) is 19.7 Å². The minimum atomic E-state index is -0.659. The number of nitrogen functional groups attached to an aromatic ring is 1. The Labute approximate surface area is 99.7 Å². The highest BCUT2D eigenvalue weighted by Gasteiger charge is 2.18. The first kappa shape index (κ1) is 10.3. The Morgan fingerprint density at radius 2 is 2.17 bits per heavy atom. The first-order chi connectivity index (χ1) is 8.65. The number of furan rings is 1. The van der Waals surface area contributed by atoms with E-state index in [0.29, 0.717) is 16.2 Å². The molecule has 0 fully saturated rings. The van der Waals surface area contributed by atoms with Gasteiger partial charge in [0, 0.05) is 0 Å². The molecular formula is C10H7N5O3. The van der Waals surface area contributed by atoms with Crippen molar-refractivity contribution in [2.24, 2.45) is 0 Å². The molecule has 1 aromatic heterocycles. The van der Waals surface area contributed by atoms with Gasteiger partial charge in [-0.2, -0.15) is 14.7 Å². The fourth-order valence-electron chi connectivity index (χ4n) is 1.57. The highest BCUT2D eigenvalue weighted by Crippen LogP contribution is 2.21. The Balaban J connectivity index is 2.34. The molecule has 8 heteroatoms. The van der Waals surface area contributed by atoms with Crippen LogP contribution in [0.15, 0.2) is 33.8 Å². The van der Waals surface area contributed by atoms with Crippen LogP contribution >= 0.6 is 0 Å². The maximum atomic E-state index is 11.6. The molecule has 0 spiro atoms. The van der Waals surface area contributed by atoms with E-state index in [4.69, 9.17) is 10.2 Å². The molecule has 18 heavy (non-hydrogen) atoms. The van der Waals surface area contributed by atoms with Crippen LogP contribution in [0.2, 0.25) is 0 Å². The smallest absolute Gasteiger partial charge is 0.302 e. The summed E-state index contributed by atoms with van der Waals surface area (Å²) < 4.78 is 5.80. The van der Waals surface area contributed by atoms with Crippen LogP contribution < -0.4 is 11.3 Å². The van der Waals surface area contributed by atoms with Crippen LogP contribution in [-0.4, -0.2) is 24.9 Å². The van der Waals surface area contributed by atoms with Gasteiger partial charge in [0.05, 0.1) is 12.5 Å². The lowest BCUT2D eigenvalue weighted by Gasteiger charge is -2.08. The summed E-state index contributed by atoms with van der Waals surface area (Å²) in [5, 5.41) is 9.75. The Morgan fingerprint density at radius 1 is 1.33 bits per heavy atom. The fraction of sp³-hybridized carbons (Fsp3) is 0. The van der Waals surface area contributed by atoms with E-state index in [1.165, 1.54) is 12.5 Å². The lowest BCUT2D eigenvalue weighted by Crippen LogP contribution is -2.20. The summed E-state index contributed by atoms with van der Waals surface area (Å²) in [6, 6.07) is 3.32. The average Bonchev–Trinajstić information content (AvgIpc) is 2.83. The third-order valence-corrected chi connectivity index (χ3v) is 2.32. The molecule has 2 aliphatic rings. The van der Waals surface area contributed by atoms with Gasteiger partial charge >= 0.3 is 5.56 Å². The molecule has 90 valence electrons. The highest BCUT2D eigenvalue weighted by molar-refractivity contribution is 5.59. The number of hydrogen-bond acceptors (Lipinski definition) is 7. The minimum Gasteiger partial charge on any atom is -0.463 e. The molecule has 0 aliphatic carbocycles. The van der Waals surface area contributed by atoms with E-state index in [1.54, 1.807) is 12.1 Å². The van der Waals surface area contributed by atoms with Crippen molar-refractivity contribution >= 4 is 5.95 Å². The predicted octanol–water partition coefficient (Wildman–Crippen LogP) is 0.218. The largest absolute Gasteiger partial charge is 0.463 e. The second-order valence-corrected chi connectivity index (χ2v) is 3.51. The van der Waals surface area contributed by atoms with Crippen molar-refractivity contribution in [2.75, 3.05) is 5.73 Å². The van der Waals surface area contributed by atoms with Gasteiger partial charge in [-0.25, -0.2) is 4.98 Å². The summed E-state index contributed by atoms with van der Waals surface area (Å²) in [5.74, 6) is 0.140. The molecule has 0 aromatic carbocycles. The maximum Gasteiger partial charge on any atom is 0.302 e. The molecular weight excluding hydrogens is 238 g/mol. The van der Waals surface area contributed by atoms with E-state index >= 15 is 0 Å². The van der Waals surface area contributed by atoms with Gasteiger partial charge in [0.15, 0.2) is 11.5 Å². The summed E-state index contributed by atoms with van der Waals surface area (Å²) in [5.41, 5.74) is 4.88. The first-order valence-electron chi connectivity index (χ1n) is 4.95. The second kappa shape index (κ2) is 3.55. The van der Waals surface area contributed by atoms with Crippen molar-refractivity contribution in [3.8, 4) is 23.0 Å². The molecule has 3 heterocycles. The summed E-state index contributed by atoms with van der Waals surface area (Å²) in [4.78, 5) is 22.9. The summed E-state index contributed by atoms with van der Waals surface area (Å²) in [6.45, 7) is 0. The first-order valence-corrected chi connectivity index (χ1v) is 4.95. The highest BCUT2D eigenvalue weighted by atomic mass is 16.5. The number of nitrogens with two attached hydrogens (primary N) is 1. The summed E-state index contributed by atoms with van der Waals surface area (Å²) in [6.07, 6.45) is 2.73. The van der Waals surface area contributed by atoms with Gasteiger partial charge in [-0.15, -0.1) is 0 Å². The van der Waals surface area contributed by atoms with Crippen molar-refractivity contribution in [2.45, 2.75) is 0 Å². The summed E-state index contributed by atoms with van der Waals surface area (Å²) in [7, 11) is 0. The number of fused-ring (bicyclic) bond motifs is 1. The maximum absolute atomic E-state index is 11.6. The zero-order valence-corrected chi connectivity index (χ0v) is 8.94. The molecule has 1 aromatic rings. The molecule has 3 rings (SSSR count). The van der Waals surface area contributed by atoms with Crippen LogP contribution in [0.4, 0.5) is 5.95 Å². The Bertz CT molecular complexity index is 734. The number of aromatic nitrogens is 4. The average molecular weight is 245 g/mol. The number of anilines is 1. The van der Waals surface area contributed by atoms with E-state index in [0.717, 1.165) is 0 Å². The lowest BCUT2D eigenvalue weighted by atomic mass is 10.3. The zero-order chi connectivity index (χ0) is 12.7. The molecule has 0 unspecified atom stereocenters. The van der Waals surface area contributed by atoms with E-state index in [2.05, 4.69) is 15.0 Å². The van der Waals surface area contributed by atoms with Gasteiger partial charge in [-0.1, -0.05) is 0 Å². The number of nitrogens with zero attached hydrogens (tertiary/aromatic N) is 4. The van der Waals surface area contributed by atoms with Gasteiger partial charge < -0.3 is 15.4 Å². The molecule has 0 radical (unpaired) electrons. The molecule has 0 saturated heterocycles. The second-order valence-electron chi connectivity index (χ2n) is 3.51. The SMILES string of the molecule is Nc1nc2n(O)cc(-c3ccco3)nc-2c(=O)n1. The van der Waals surface area contributed by atoms with E-state index < -0.39 is 5.56 Å². The third kappa shape index (κ3) is 1.47. The lowest BCUT2D eigenvalue weighted by molar-refractivity contribution is 0.185. The van der Waals surface area contributed by atoms with Crippen LogP contribution in [0, 0.1) is 0 Å². The van der Waals surface area contributed by atoms with Crippen LogP contribution in [0.3, 0.4) is 0 Å². The van der Waals surface area contributed by atoms with Crippen LogP contribution in [0.25, 0.3) is 23.0 Å². The molecule has 0 amide bonds. The molecule has 2 aliphatic heterocycles. The van der Waals surface area contributed by atoms with E-state index in [9.17, 15) is 10.0 Å². The number of hydrogen-bond donors (Lipinski definition) is 2. The Morgan fingerprint density at radius 3 is 2.89 bits per heavy atom. The molecule has 0 bridgehead atoms. The number of rotatable bonds is 1. The van der Waals surface area contributed by atoms with Crippen LogP contribution in [0.1, 0.15) is 0 Å². The molecule has 3 N–H and O–H groups in total. The summed E-state index contributed by atoms with van der Waals surface area (Å²) >= 11 is 0. The van der Waals surface area contributed by atoms with Crippen LogP contribution in [-0.2, 0) is 0 Å². The van der Waals surface area contributed by atoms with Crippen LogP contribution in [0.5, 0.6) is 0 Å². The minimum absolute atomic E-state index is 0.0530. The fourth-order valence-corrected chi connectivity index (χ4v) is 1.57. The molecule has 8 nitrogen and oxygen atoms in total. The Hall–Kier alpha value is -2.90. The predicted molar refractivity (Wildman–Crippen MR) is 60.0 cm³/mol. The van der Waals surface area contributed by atoms with Crippen molar-refractivity contribution in [3.63, 3.8) is 0 Å². The van der Waals surface area contributed by atoms with E-state index in [-0.39, 0.29) is 17.5 Å². The monoisotopic (exact) mass is 245 g/mol.